The summed E-state index contributed by atoms with van der Waals surface area (Å²) in [5.41, 5.74) is 5.59. The van der Waals surface area contributed by atoms with E-state index in [9.17, 15) is 12.8 Å². The number of rotatable bonds is 3. The molecule has 0 saturated carbocycles. The van der Waals surface area contributed by atoms with Crippen molar-refractivity contribution in [2.45, 2.75) is 10.9 Å². The number of nitrogens with two attached hydrogens (primary N) is 1. The first kappa shape index (κ1) is 13.4. The summed E-state index contributed by atoms with van der Waals surface area (Å²) in [4.78, 5) is 0.101. The van der Waals surface area contributed by atoms with Crippen LogP contribution in [0.25, 0.3) is 0 Å². The van der Waals surface area contributed by atoms with Gasteiger partial charge in [-0.1, -0.05) is 0 Å². The number of nitrogens with one attached hydrogen (secondary N) is 1. The molecule has 1 unspecified atom stereocenters. The Morgan fingerprint density at radius 1 is 1.39 bits per heavy atom. The Labute approximate surface area is 106 Å². The number of nitrogens with zero attached hydrogens (tertiary/aromatic N) is 1. The number of sulfonamides is 1. The third kappa shape index (κ3) is 2.54. The van der Waals surface area contributed by atoms with E-state index in [4.69, 9.17) is 5.73 Å². The largest absolute Gasteiger partial charge is 0.329 e. The Bertz CT molecular complexity index is 504. The van der Waals surface area contributed by atoms with Gasteiger partial charge >= 0.3 is 0 Å². The lowest BCUT2D eigenvalue weighted by atomic mass is 10.2. The van der Waals surface area contributed by atoms with Crippen molar-refractivity contribution in [3.05, 3.63) is 30.1 Å². The van der Waals surface area contributed by atoms with Crippen LogP contribution in [0.5, 0.6) is 0 Å². The lowest BCUT2D eigenvalue weighted by Crippen LogP contribution is -2.56. The number of hydrogen-bond donors (Lipinski definition) is 2. The zero-order valence-corrected chi connectivity index (χ0v) is 10.7. The quantitative estimate of drug-likeness (QED) is 0.796. The summed E-state index contributed by atoms with van der Waals surface area (Å²) in [7, 11) is -3.59. The van der Waals surface area contributed by atoms with E-state index < -0.39 is 15.8 Å². The van der Waals surface area contributed by atoms with E-state index >= 15 is 0 Å². The van der Waals surface area contributed by atoms with E-state index in [1.807, 2.05) is 0 Å². The molecule has 7 heteroatoms. The summed E-state index contributed by atoms with van der Waals surface area (Å²) in [5, 5.41) is 3.10. The fourth-order valence-electron chi connectivity index (χ4n) is 2.00. The van der Waals surface area contributed by atoms with Crippen LogP contribution in [0.15, 0.2) is 29.2 Å². The van der Waals surface area contributed by atoms with Crippen LogP contribution in [0, 0.1) is 5.82 Å². The van der Waals surface area contributed by atoms with Crippen molar-refractivity contribution in [3.63, 3.8) is 0 Å². The lowest BCUT2D eigenvalue weighted by Gasteiger charge is -2.34. The van der Waals surface area contributed by atoms with Crippen LogP contribution in [0.2, 0.25) is 0 Å². The highest BCUT2D eigenvalue weighted by Crippen LogP contribution is 2.19. The number of benzene rings is 1. The van der Waals surface area contributed by atoms with Crippen molar-refractivity contribution in [3.8, 4) is 0 Å². The number of hydrogen-bond acceptors (Lipinski definition) is 4. The first-order valence-corrected chi connectivity index (χ1v) is 7.18. The molecular formula is C11H16FN3O2S. The molecule has 1 aliphatic rings. The normalized spacial score (nSPS) is 22.0. The molecule has 0 amide bonds. The van der Waals surface area contributed by atoms with Gasteiger partial charge in [-0.25, -0.2) is 12.8 Å². The van der Waals surface area contributed by atoms with E-state index in [-0.39, 0.29) is 17.5 Å². The molecule has 0 radical (unpaired) electrons. The Balaban J connectivity index is 2.32. The number of piperazine rings is 1. The average Bonchev–Trinajstić information content (AvgIpc) is 2.39. The molecule has 0 aromatic heterocycles. The topological polar surface area (TPSA) is 75.4 Å². The molecule has 1 saturated heterocycles. The molecule has 100 valence electrons. The molecule has 1 atom stereocenters. The highest BCUT2D eigenvalue weighted by Gasteiger charge is 2.32. The fourth-order valence-corrected chi connectivity index (χ4v) is 3.64. The maximum atomic E-state index is 12.8. The summed E-state index contributed by atoms with van der Waals surface area (Å²) in [5.74, 6) is -0.454. The van der Waals surface area contributed by atoms with E-state index in [0.29, 0.717) is 19.6 Å². The summed E-state index contributed by atoms with van der Waals surface area (Å²) in [6.45, 7) is 1.77. The van der Waals surface area contributed by atoms with Crippen molar-refractivity contribution in [1.82, 2.24) is 9.62 Å². The molecule has 18 heavy (non-hydrogen) atoms. The van der Waals surface area contributed by atoms with Gasteiger partial charge in [-0.2, -0.15) is 4.31 Å². The molecule has 0 aliphatic carbocycles. The zero-order valence-electron chi connectivity index (χ0n) is 9.84. The minimum atomic E-state index is -3.59. The van der Waals surface area contributed by atoms with Crippen molar-refractivity contribution in [2.75, 3.05) is 26.2 Å². The summed E-state index contributed by atoms with van der Waals surface area (Å²) >= 11 is 0. The first-order chi connectivity index (χ1) is 8.55. The average molecular weight is 273 g/mol. The molecule has 2 rings (SSSR count). The van der Waals surface area contributed by atoms with E-state index in [0.717, 1.165) is 12.1 Å². The van der Waals surface area contributed by atoms with Crippen LogP contribution in [-0.4, -0.2) is 44.9 Å². The van der Waals surface area contributed by atoms with Crippen molar-refractivity contribution < 1.29 is 12.8 Å². The van der Waals surface area contributed by atoms with Crippen LogP contribution in [0.1, 0.15) is 0 Å². The van der Waals surface area contributed by atoms with Gasteiger partial charge in [0.15, 0.2) is 0 Å². The minimum absolute atomic E-state index is 0.101. The van der Waals surface area contributed by atoms with Gasteiger partial charge in [0.2, 0.25) is 10.0 Å². The van der Waals surface area contributed by atoms with Crippen LogP contribution in [-0.2, 0) is 10.0 Å². The second kappa shape index (κ2) is 5.31. The van der Waals surface area contributed by atoms with Gasteiger partial charge in [-0.3, -0.25) is 0 Å². The Hall–Kier alpha value is -1.02. The van der Waals surface area contributed by atoms with Crippen molar-refractivity contribution in [2.24, 2.45) is 5.73 Å². The molecule has 1 aliphatic heterocycles. The van der Waals surface area contributed by atoms with Crippen LogP contribution < -0.4 is 11.1 Å². The molecule has 0 bridgehead atoms. The smallest absolute Gasteiger partial charge is 0.243 e. The predicted molar refractivity (Wildman–Crippen MR) is 66.0 cm³/mol. The van der Waals surface area contributed by atoms with Crippen LogP contribution in [0.4, 0.5) is 4.39 Å². The summed E-state index contributed by atoms with van der Waals surface area (Å²) in [6, 6.07) is 4.59. The fraction of sp³-hybridized carbons (Fsp3) is 0.455. The van der Waals surface area contributed by atoms with E-state index in [1.54, 1.807) is 0 Å². The molecule has 3 N–H and O–H groups in total. The predicted octanol–water partition coefficient (Wildman–Crippen LogP) is -0.253. The van der Waals surface area contributed by atoms with Gasteiger partial charge in [0.05, 0.1) is 4.90 Å². The Morgan fingerprint density at radius 3 is 2.67 bits per heavy atom. The zero-order chi connectivity index (χ0) is 13.2. The van der Waals surface area contributed by atoms with Crippen molar-refractivity contribution in [1.29, 1.82) is 0 Å². The molecule has 1 aromatic carbocycles. The van der Waals surface area contributed by atoms with Gasteiger partial charge in [-0.15, -0.1) is 0 Å². The molecule has 0 spiro atoms. The second-order valence-corrected chi connectivity index (χ2v) is 6.05. The second-order valence-electron chi connectivity index (χ2n) is 4.16. The maximum absolute atomic E-state index is 12.8. The van der Waals surface area contributed by atoms with Crippen molar-refractivity contribution >= 4 is 10.0 Å². The van der Waals surface area contributed by atoms with Gasteiger partial charge in [0.25, 0.3) is 0 Å². The Kier molecular flexibility index (Phi) is 3.96. The third-order valence-corrected chi connectivity index (χ3v) is 4.95. The molecule has 1 fully saturated rings. The Morgan fingerprint density at radius 2 is 2.06 bits per heavy atom. The number of halogens is 1. The highest BCUT2D eigenvalue weighted by molar-refractivity contribution is 7.89. The van der Waals surface area contributed by atoms with Gasteiger partial charge in [0.1, 0.15) is 5.82 Å². The van der Waals surface area contributed by atoms with Gasteiger partial charge < -0.3 is 11.1 Å². The summed E-state index contributed by atoms with van der Waals surface area (Å²) < 4.78 is 39.0. The van der Waals surface area contributed by atoms with Crippen LogP contribution >= 0.6 is 0 Å². The molecule has 1 aromatic rings. The van der Waals surface area contributed by atoms with Crippen LogP contribution in [0.3, 0.4) is 0 Å². The minimum Gasteiger partial charge on any atom is -0.329 e. The SMILES string of the molecule is NCC1CNCCN1S(=O)(=O)c1ccc(F)cc1. The molecular weight excluding hydrogens is 257 g/mol. The van der Waals surface area contributed by atoms with Gasteiger partial charge in [-0.05, 0) is 24.3 Å². The molecule has 5 nitrogen and oxygen atoms in total. The van der Waals surface area contributed by atoms with Gasteiger partial charge in [0, 0.05) is 32.2 Å². The maximum Gasteiger partial charge on any atom is 0.243 e. The highest BCUT2D eigenvalue weighted by atomic mass is 32.2. The standard InChI is InChI=1S/C11H16FN3O2S/c12-9-1-3-11(4-2-9)18(16,17)15-6-5-14-8-10(15)7-13/h1-4,10,14H,5-8,13H2. The van der Waals surface area contributed by atoms with E-state index in [2.05, 4.69) is 5.32 Å². The van der Waals surface area contributed by atoms with E-state index in [1.165, 1.54) is 16.4 Å². The first-order valence-electron chi connectivity index (χ1n) is 5.74. The summed E-state index contributed by atoms with van der Waals surface area (Å²) in [6.07, 6.45) is 0. The monoisotopic (exact) mass is 273 g/mol. The molecule has 1 heterocycles. The lowest BCUT2D eigenvalue weighted by molar-refractivity contribution is 0.272. The third-order valence-electron chi connectivity index (χ3n) is 2.99.